The van der Waals surface area contributed by atoms with Crippen molar-refractivity contribution < 1.29 is 22.5 Å². The van der Waals surface area contributed by atoms with Gasteiger partial charge < -0.3 is 10.5 Å². The molecular weight excluding hydrogens is 341 g/mol. The van der Waals surface area contributed by atoms with Gasteiger partial charge >= 0.3 is 5.69 Å². The zero-order chi connectivity index (χ0) is 17.6. The number of hydrogen-bond acceptors (Lipinski definition) is 6. The van der Waals surface area contributed by atoms with Crippen LogP contribution in [0.15, 0.2) is 17.0 Å². The monoisotopic (exact) mass is 359 g/mol. The van der Waals surface area contributed by atoms with E-state index >= 15 is 0 Å². The van der Waals surface area contributed by atoms with Crippen LogP contribution in [0.3, 0.4) is 0 Å². The van der Waals surface area contributed by atoms with Crippen molar-refractivity contribution in [3.05, 3.63) is 28.1 Å². The average molecular weight is 359 g/mol. The molecule has 1 aliphatic heterocycles. The second-order valence-corrected chi connectivity index (χ2v) is 8.14. The molecule has 8 nitrogen and oxygen atoms in total. The first-order chi connectivity index (χ1) is 11.3. The van der Waals surface area contributed by atoms with Crippen molar-refractivity contribution in [2.24, 2.45) is 17.6 Å². The Morgan fingerprint density at radius 2 is 2.08 bits per heavy atom. The van der Waals surface area contributed by atoms with Gasteiger partial charge in [0, 0.05) is 25.2 Å². The topological polar surface area (TPSA) is 116 Å². The number of hydrogen-bond donors (Lipinski definition) is 1. The zero-order valence-corrected chi connectivity index (χ0v) is 13.8. The van der Waals surface area contributed by atoms with E-state index in [1.807, 2.05) is 0 Å². The van der Waals surface area contributed by atoms with Gasteiger partial charge in [0.25, 0.3) is 0 Å². The van der Waals surface area contributed by atoms with Crippen molar-refractivity contribution in [3.8, 4) is 5.75 Å². The molecule has 24 heavy (non-hydrogen) atoms. The summed E-state index contributed by atoms with van der Waals surface area (Å²) >= 11 is 0. The number of nitro groups is 1. The van der Waals surface area contributed by atoms with Gasteiger partial charge in [0.05, 0.1) is 16.9 Å². The Kier molecular flexibility index (Phi) is 4.22. The third kappa shape index (κ3) is 2.64. The number of fused-ring (bicyclic) bond motifs is 1. The molecular formula is C14H18FN3O5S. The van der Waals surface area contributed by atoms with E-state index in [0.29, 0.717) is 6.54 Å². The molecule has 1 aliphatic carbocycles. The summed E-state index contributed by atoms with van der Waals surface area (Å²) < 4.78 is 45.5. The highest BCUT2D eigenvalue weighted by Crippen LogP contribution is 2.40. The molecule has 2 N–H and O–H groups in total. The highest BCUT2D eigenvalue weighted by molar-refractivity contribution is 7.89. The van der Waals surface area contributed by atoms with Crippen LogP contribution in [0.25, 0.3) is 0 Å². The molecule has 0 aromatic heterocycles. The van der Waals surface area contributed by atoms with Crippen LogP contribution in [-0.2, 0) is 10.0 Å². The standard InChI is InChI=1S/C14H18FN3O5S/c1-23-14-11(15)4-9(5-13(14)18(19)20)24(21,22)17-6-8-2-3-12(16)10(8)7-17/h4-5,8,10,12H,2-3,6-7,16H2,1H3. The molecule has 1 aromatic carbocycles. The number of benzene rings is 1. The van der Waals surface area contributed by atoms with Gasteiger partial charge in [0.1, 0.15) is 0 Å². The molecule has 2 fully saturated rings. The fraction of sp³-hybridized carbons (Fsp3) is 0.571. The van der Waals surface area contributed by atoms with Crippen molar-refractivity contribution in [1.82, 2.24) is 4.31 Å². The van der Waals surface area contributed by atoms with Gasteiger partial charge in [0.2, 0.25) is 15.8 Å². The van der Waals surface area contributed by atoms with Crippen LogP contribution in [0.4, 0.5) is 10.1 Å². The Morgan fingerprint density at radius 1 is 1.38 bits per heavy atom. The summed E-state index contributed by atoms with van der Waals surface area (Å²) in [5, 5.41) is 11.1. The Morgan fingerprint density at radius 3 is 2.67 bits per heavy atom. The predicted octanol–water partition coefficient (Wildman–Crippen LogP) is 1.10. The summed E-state index contributed by atoms with van der Waals surface area (Å²) in [7, 11) is -2.94. The predicted molar refractivity (Wildman–Crippen MR) is 82.6 cm³/mol. The summed E-state index contributed by atoms with van der Waals surface area (Å²) in [6.07, 6.45) is 1.72. The molecule has 0 spiro atoms. The summed E-state index contributed by atoms with van der Waals surface area (Å²) in [5.74, 6) is -1.40. The molecule has 132 valence electrons. The summed E-state index contributed by atoms with van der Waals surface area (Å²) in [5.41, 5.74) is 5.29. The molecule has 0 bridgehead atoms. The Labute approximate surface area is 138 Å². The average Bonchev–Trinajstić information content (AvgIpc) is 3.09. The van der Waals surface area contributed by atoms with E-state index in [9.17, 15) is 22.9 Å². The van der Waals surface area contributed by atoms with E-state index < -0.39 is 37.1 Å². The van der Waals surface area contributed by atoms with E-state index in [4.69, 9.17) is 5.73 Å². The highest BCUT2D eigenvalue weighted by atomic mass is 32.2. The Hall–Kier alpha value is -1.78. The van der Waals surface area contributed by atoms with Gasteiger partial charge in [-0.05, 0) is 30.7 Å². The number of halogens is 1. The molecule has 0 amide bonds. The number of methoxy groups -OCH3 is 1. The molecule has 0 radical (unpaired) electrons. The van der Waals surface area contributed by atoms with Gasteiger partial charge in [0.15, 0.2) is 5.82 Å². The highest BCUT2D eigenvalue weighted by Gasteiger charge is 2.45. The summed E-state index contributed by atoms with van der Waals surface area (Å²) in [4.78, 5) is 9.76. The number of nitrogens with zero attached hydrogens (tertiary/aromatic N) is 2. The fourth-order valence-corrected chi connectivity index (χ4v) is 5.22. The lowest BCUT2D eigenvalue weighted by Crippen LogP contribution is -2.33. The second-order valence-electron chi connectivity index (χ2n) is 6.20. The quantitative estimate of drug-likeness (QED) is 0.636. The summed E-state index contributed by atoms with van der Waals surface area (Å²) in [6, 6.07) is 1.55. The molecule has 3 atom stereocenters. The molecule has 1 heterocycles. The van der Waals surface area contributed by atoms with Crippen molar-refractivity contribution in [2.75, 3.05) is 20.2 Å². The lowest BCUT2D eigenvalue weighted by atomic mass is 9.98. The van der Waals surface area contributed by atoms with Gasteiger partial charge in [-0.25, -0.2) is 12.8 Å². The van der Waals surface area contributed by atoms with Crippen LogP contribution in [0, 0.1) is 27.8 Å². The smallest absolute Gasteiger partial charge is 0.315 e. The van der Waals surface area contributed by atoms with Gasteiger partial charge in [-0.2, -0.15) is 4.31 Å². The number of ether oxygens (including phenoxy) is 1. The van der Waals surface area contributed by atoms with Gasteiger partial charge in [-0.3, -0.25) is 10.1 Å². The maximum absolute atomic E-state index is 14.0. The Balaban J connectivity index is 1.98. The van der Waals surface area contributed by atoms with Crippen LogP contribution >= 0.6 is 0 Å². The molecule has 3 unspecified atom stereocenters. The molecule has 3 rings (SSSR count). The number of nitrogens with two attached hydrogens (primary N) is 1. The Bertz CT molecular complexity index is 785. The lowest BCUT2D eigenvalue weighted by Gasteiger charge is -2.19. The van der Waals surface area contributed by atoms with Crippen molar-refractivity contribution in [3.63, 3.8) is 0 Å². The van der Waals surface area contributed by atoms with Gasteiger partial charge in [-0.15, -0.1) is 0 Å². The largest absolute Gasteiger partial charge is 0.488 e. The van der Waals surface area contributed by atoms with Crippen molar-refractivity contribution in [1.29, 1.82) is 0 Å². The lowest BCUT2D eigenvalue weighted by molar-refractivity contribution is -0.386. The molecule has 1 saturated heterocycles. The van der Waals surface area contributed by atoms with Crippen LogP contribution in [0.2, 0.25) is 0 Å². The van der Waals surface area contributed by atoms with E-state index in [1.54, 1.807) is 0 Å². The minimum atomic E-state index is -4.03. The number of nitro benzene ring substituents is 1. The first-order valence-electron chi connectivity index (χ1n) is 7.53. The first-order valence-corrected chi connectivity index (χ1v) is 8.97. The van der Waals surface area contributed by atoms with Crippen LogP contribution in [0.1, 0.15) is 12.8 Å². The fourth-order valence-electron chi connectivity index (χ4n) is 3.65. The van der Waals surface area contributed by atoms with Crippen LogP contribution < -0.4 is 10.5 Å². The van der Waals surface area contributed by atoms with E-state index in [0.717, 1.165) is 32.1 Å². The third-order valence-corrected chi connectivity index (χ3v) is 6.72. The molecule has 1 aromatic rings. The van der Waals surface area contributed by atoms with Crippen LogP contribution in [0.5, 0.6) is 5.75 Å². The maximum Gasteiger partial charge on any atom is 0.315 e. The maximum atomic E-state index is 14.0. The minimum Gasteiger partial charge on any atom is -0.488 e. The normalized spacial score (nSPS) is 27.2. The van der Waals surface area contributed by atoms with E-state index in [1.165, 1.54) is 4.31 Å². The molecule has 1 saturated carbocycles. The minimum absolute atomic E-state index is 0.0443. The van der Waals surface area contributed by atoms with Gasteiger partial charge in [-0.1, -0.05) is 0 Å². The van der Waals surface area contributed by atoms with Crippen molar-refractivity contribution >= 4 is 15.7 Å². The molecule has 2 aliphatic rings. The second kappa shape index (κ2) is 5.94. The molecule has 10 heteroatoms. The summed E-state index contributed by atoms with van der Waals surface area (Å²) in [6.45, 7) is 0.567. The first kappa shape index (κ1) is 17.1. The van der Waals surface area contributed by atoms with E-state index in [-0.39, 0.29) is 24.4 Å². The van der Waals surface area contributed by atoms with Crippen molar-refractivity contribution in [2.45, 2.75) is 23.8 Å². The van der Waals surface area contributed by atoms with Crippen LogP contribution in [-0.4, -0.2) is 43.9 Å². The SMILES string of the molecule is COc1c(F)cc(S(=O)(=O)N2CC3CCC(N)C3C2)cc1[N+](=O)[O-]. The zero-order valence-electron chi connectivity index (χ0n) is 13.0. The van der Waals surface area contributed by atoms with E-state index in [2.05, 4.69) is 4.74 Å². The number of rotatable bonds is 4. The number of sulfonamides is 1. The third-order valence-electron chi connectivity index (χ3n) is 4.91.